The van der Waals surface area contributed by atoms with E-state index in [0.29, 0.717) is 28.2 Å². The molecule has 1 heterocycles. The second kappa shape index (κ2) is 8.71. The molecule has 0 aliphatic heterocycles. The average Bonchev–Trinajstić information content (AvgIpc) is 2.70. The van der Waals surface area contributed by atoms with Crippen molar-refractivity contribution in [1.29, 1.82) is 0 Å². The third kappa shape index (κ3) is 4.23. The number of nitrogens with zero attached hydrogens (tertiary/aromatic N) is 2. The van der Waals surface area contributed by atoms with Crippen LogP contribution in [0.2, 0.25) is 0 Å². The fraction of sp³-hybridized carbons (Fsp3) is 0.273. The normalized spacial score (nSPS) is 12.4. The summed E-state index contributed by atoms with van der Waals surface area (Å²) in [5.74, 6) is 1.68. The number of aliphatic hydroxyl groups excluding tert-OH is 1. The number of benzene rings is 2. The van der Waals surface area contributed by atoms with E-state index < -0.39 is 6.10 Å². The second-order valence-corrected chi connectivity index (χ2v) is 6.47. The summed E-state index contributed by atoms with van der Waals surface area (Å²) in [4.78, 5) is 17.1. The van der Waals surface area contributed by atoms with Crippen molar-refractivity contribution in [2.45, 2.75) is 26.5 Å². The van der Waals surface area contributed by atoms with Gasteiger partial charge in [-0.05, 0) is 43.7 Å². The second-order valence-electron chi connectivity index (χ2n) is 6.47. The Kier molecular flexibility index (Phi) is 6.11. The summed E-state index contributed by atoms with van der Waals surface area (Å²) < 4.78 is 12.6. The van der Waals surface area contributed by atoms with Crippen LogP contribution < -0.4 is 15.0 Å². The molecule has 1 unspecified atom stereocenters. The van der Waals surface area contributed by atoms with Crippen LogP contribution >= 0.6 is 0 Å². The molecule has 1 aromatic heterocycles. The van der Waals surface area contributed by atoms with Crippen LogP contribution in [0.15, 0.2) is 53.3 Å². The SMILES string of the molecule is C/C=C/c1ccc(OCC(O)Cn2c(C)nc3ccccc3c2=O)c(OC)c1. The number of aliphatic hydroxyl groups is 1. The van der Waals surface area contributed by atoms with Crippen molar-refractivity contribution >= 4 is 17.0 Å². The quantitative estimate of drug-likeness (QED) is 0.681. The summed E-state index contributed by atoms with van der Waals surface area (Å²) in [6, 6.07) is 12.8. The number of hydrogen-bond donors (Lipinski definition) is 1. The van der Waals surface area contributed by atoms with E-state index in [0.717, 1.165) is 5.56 Å². The van der Waals surface area contributed by atoms with Gasteiger partial charge in [-0.25, -0.2) is 4.98 Å². The zero-order valence-corrected chi connectivity index (χ0v) is 16.3. The van der Waals surface area contributed by atoms with Gasteiger partial charge in [-0.1, -0.05) is 30.4 Å². The van der Waals surface area contributed by atoms with Crippen LogP contribution in [0.5, 0.6) is 11.5 Å². The Morgan fingerprint density at radius 3 is 2.75 bits per heavy atom. The fourth-order valence-corrected chi connectivity index (χ4v) is 3.04. The Labute approximate surface area is 163 Å². The number of allylic oxidation sites excluding steroid dienone is 1. The molecule has 6 nitrogen and oxygen atoms in total. The van der Waals surface area contributed by atoms with Gasteiger partial charge in [-0.2, -0.15) is 0 Å². The largest absolute Gasteiger partial charge is 0.493 e. The number of aromatic nitrogens is 2. The van der Waals surface area contributed by atoms with Gasteiger partial charge >= 0.3 is 0 Å². The van der Waals surface area contributed by atoms with Crippen LogP contribution in [0.1, 0.15) is 18.3 Å². The van der Waals surface area contributed by atoms with Gasteiger partial charge in [-0.15, -0.1) is 0 Å². The number of aryl methyl sites for hydroxylation is 1. The van der Waals surface area contributed by atoms with E-state index in [9.17, 15) is 9.90 Å². The molecule has 3 rings (SSSR count). The zero-order chi connectivity index (χ0) is 20.1. The molecule has 1 atom stereocenters. The van der Waals surface area contributed by atoms with Crippen LogP contribution in [-0.4, -0.2) is 34.5 Å². The average molecular weight is 380 g/mol. The van der Waals surface area contributed by atoms with Crippen molar-refractivity contribution in [3.63, 3.8) is 0 Å². The summed E-state index contributed by atoms with van der Waals surface area (Å²) in [5, 5.41) is 11.0. The highest BCUT2D eigenvalue weighted by atomic mass is 16.5. The molecule has 0 aliphatic carbocycles. The first-order valence-electron chi connectivity index (χ1n) is 9.11. The lowest BCUT2D eigenvalue weighted by molar-refractivity contribution is 0.0894. The minimum atomic E-state index is -0.876. The van der Waals surface area contributed by atoms with Gasteiger partial charge in [0, 0.05) is 0 Å². The molecule has 0 saturated carbocycles. The molecule has 0 spiro atoms. The lowest BCUT2D eigenvalue weighted by atomic mass is 10.2. The Morgan fingerprint density at radius 2 is 2.00 bits per heavy atom. The van der Waals surface area contributed by atoms with Gasteiger partial charge in [0.25, 0.3) is 5.56 Å². The maximum Gasteiger partial charge on any atom is 0.261 e. The number of para-hydroxylation sites is 1. The summed E-state index contributed by atoms with van der Waals surface area (Å²) in [5.41, 5.74) is 1.48. The van der Waals surface area contributed by atoms with Crippen molar-refractivity contribution in [2.75, 3.05) is 13.7 Å². The first kappa shape index (κ1) is 19.6. The Morgan fingerprint density at radius 1 is 1.21 bits per heavy atom. The van der Waals surface area contributed by atoms with Crippen molar-refractivity contribution in [3.05, 3.63) is 70.3 Å². The molecule has 1 N–H and O–H groups in total. The summed E-state index contributed by atoms with van der Waals surface area (Å²) >= 11 is 0. The van der Waals surface area contributed by atoms with Gasteiger partial charge in [0.15, 0.2) is 11.5 Å². The van der Waals surface area contributed by atoms with E-state index in [-0.39, 0.29) is 18.7 Å². The van der Waals surface area contributed by atoms with Gasteiger partial charge in [0.05, 0.1) is 24.6 Å². The molecule has 0 aliphatic rings. The van der Waals surface area contributed by atoms with Gasteiger partial charge in [0.1, 0.15) is 18.5 Å². The first-order chi connectivity index (χ1) is 13.5. The predicted molar refractivity (Wildman–Crippen MR) is 110 cm³/mol. The van der Waals surface area contributed by atoms with E-state index in [1.54, 1.807) is 38.3 Å². The zero-order valence-electron chi connectivity index (χ0n) is 16.3. The molecule has 28 heavy (non-hydrogen) atoms. The highest BCUT2D eigenvalue weighted by Crippen LogP contribution is 2.28. The molecule has 0 amide bonds. The number of fused-ring (bicyclic) bond motifs is 1. The van der Waals surface area contributed by atoms with Crippen molar-refractivity contribution in [2.24, 2.45) is 0 Å². The summed E-state index contributed by atoms with van der Waals surface area (Å²) in [6.45, 7) is 3.82. The fourth-order valence-electron chi connectivity index (χ4n) is 3.04. The molecule has 0 bridgehead atoms. The maximum absolute atomic E-state index is 12.7. The van der Waals surface area contributed by atoms with E-state index in [1.807, 2.05) is 37.3 Å². The Bertz CT molecular complexity index is 1060. The lowest BCUT2D eigenvalue weighted by Gasteiger charge is -2.17. The van der Waals surface area contributed by atoms with Crippen LogP contribution in [0.3, 0.4) is 0 Å². The summed E-state index contributed by atoms with van der Waals surface area (Å²) in [6.07, 6.45) is 3.03. The molecule has 2 aromatic carbocycles. The van der Waals surface area contributed by atoms with Crippen molar-refractivity contribution in [1.82, 2.24) is 9.55 Å². The molecule has 3 aromatic rings. The monoisotopic (exact) mass is 380 g/mol. The van der Waals surface area contributed by atoms with Crippen LogP contribution in [0.4, 0.5) is 0 Å². The Balaban J connectivity index is 1.74. The predicted octanol–water partition coefficient (Wildman–Crippen LogP) is 3.19. The molecule has 0 saturated heterocycles. The van der Waals surface area contributed by atoms with E-state index in [2.05, 4.69) is 4.98 Å². The standard InChI is InChI=1S/C22H24N2O4/c1-4-7-16-10-11-20(21(12-16)27-3)28-14-17(25)13-24-15(2)23-19-9-6-5-8-18(19)22(24)26/h4-12,17,25H,13-14H2,1-3H3/b7-4+. The molecule has 0 fully saturated rings. The smallest absolute Gasteiger partial charge is 0.261 e. The van der Waals surface area contributed by atoms with Gasteiger partial charge in [0.2, 0.25) is 0 Å². The number of methoxy groups -OCH3 is 1. The van der Waals surface area contributed by atoms with Crippen LogP contribution in [-0.2, 0) is 6.54 Å². The van der Waals surface area contributed by atoms with Crippen molar-refractivity contribution < 1.29 is 14.6 Å². The number of ether oxygens (including phenoxy) is 2. The third-order valence-corrected chi connectivity index (χ3v) is 4.42. The molecule has 146 valence electrons. The topological polar surface area (TPSA) is 73.6 Å². The lowest BCUT2D eigenvalue weighted by Crippen LogP contribution is -2.32. The van der Waals surface area contributed by atoms with Crippen molar-refractivity contribution in [3.8, 4) is 11.5 Å². The molecule has 6 heteroatoms. The van der Waals surface area contributed by atoms with Crippen LogP contribution in [0, 0.1) is 6.92 Å². The molecular formula is C22H24N2O4. The minimum Gasteiger partial charge on any atom is -0.493 e. The minimum absolute atomic E-state index is 0.0258. The molecular weight excluding hydrogens is 356 g/mol. The first-order valence-corrected chi connectivity index (χ1v) is 9.11. The van der Waals surface area contributed by atoms with Crippen LogP contribution in [0.25, 0.3) is 17.0 Å². The highest BCUT2D eigenvalue weighted by molar-refractivity contribution is 5.77. The van der Waals surface area contributed by atoms with Gasteiger partial charge < -0.3 is 14.6 Å². The Hall–Kier alpha value is -3.12. The maximum atomic E-state index is 12.7. The summed E-state index contributed by atoms with van der Waals surface area (Å²) in [7, 11) is 1.57. The number of hydrogen-bond acceptors (Lipinski definition) is 5. The van der Waals surface area contributed by atoms with E-state index in [4.69, 9.17) is 9.47 Å². The third-order valence-electron chi connectivity index (χ3n) is 4.42. The van der Waals surface area contributed by atoms with E-state index >= 15 is 0 Å². The number of rotatable bonds is 7. The highest BCUT2D eigenvalue weighted by Gasteiger charge is 2.14. The molecule has 0 radical (unpaired) electrons. The van der Waals surface area contributed by atoms with Gasteiger partial charge in [-0.3, -0.25) is 9.36 Å². The van der Waals surface area contributed by atoms with E-state index in [1.165, 1.54) is 4.57 Å².